The van der Waals surface area contributed by atoms with E-state index in [1.807, 2.05) is 12.2 Å². The van der Waals surface area contributed by atoms with E-state index in [0.717, 1.165) is 11.3 Å². The van der Waals surface area contributed by atoms with Crippen molar-refractivity contribution in [3.8, 4) is 0 Å². The summed E-state index contributed by atoms with van der Waals surface area (Å²) in [5.74, 6) is -1.81. The Morgan fingerprint density at radius 3 is 2.42 bits per heavy atom. The maximum atomic E-state index is 13.5. The van der Waals surface area contributed by atoms with E-state index >= 15 is 0 Å². The van der Waals surface area contributed by atoms with Crippen molar-refractivity contribution in [2.45, 2.75) is 13.3 Å². The Morgan fingerprint density at radius 1 is 1.21 bits per heavy atom. The van der Waals surface area contributed by atoms with Crippen molar-refractivity contribution < 1.29 is 18.8 Å². The number of amides is 3. The Labute approximate surface area is 138 Å². The van der Waals surface area contributed by atoms with Gasteiger partial charge >= 0.3 is 0 Å². The Kier molecular flexibility index (Phi) is 3.30. The summed E-state index contributed by atoms with van der Waals surface area (Å²) in [6, 6.07) is 4.37. The lowest BCUT2D eigenvalue weighted by Crippen LogP contribution is -2.39. The van der Waals surface area contributed by atoms with Crippen molar-refractivity contribution >= 4 is 23.4 Å². The highest BCUT2D eigenvalue weighted by Crippen LogP contribution is 2.52. The van der Waals surface area contributed by atoms with E-state index in [4.69, 9.17) is 0 Å². The molecule has 6 heteroatoms. The topological polar surface area (TPSA) is 66.5 Å². The number of halogens is 1. The first-order valence-electron chi connectivity index (χ1n) is 8.05. The number of nitrogens with zero attached hydrogens (tertiary/aromatic N) is 1. The summed E-state index contributed by atoms with van der Waals surface area (Å²) in [5, 5.41) is 2.54. The summed E-state index contributed by atoms with van der Waals surface area (Å²) in [6.07, 6.45) is 4.88. The van der Waals surface area contributed by atoms with Crippen LogP contribution < -0.4 is 5.32 Å². The monoisotopic (exact) mass is 328 g/mol. The molecule has 4 atom stereocenters. The van der Waals surface area contributed by atoms with Crippen LogP contribution in [-0.2, 0) is 14.4 Å². The molecule has 2 unspecified atom stereocenters. The van der Waals surface area contributed by atoms with Crippen LogP contribution in [0.1, 0.15) is 12.0 Å². The van der Waals surface area contributed by atoms with Gasteiger partial charge in [-0.15, -0.1) is 0 Å². The first-order valence-corrected chi connectivity index (χ1v) is 8.05. The quantitative estimate of drug-likeness (QED) is 0.680. The molecule has 1 N–H and O–H groups in total. The minimum absolute atomic E-state index is 0.121. The zero-order chi connectivity index (χ0) is 17.0. The Bertz CT molecular complexity index is 758. The fourth-order valence-corrected chi connectivity index (χ4v) is 4.13. The number of fused-ring (bicyclic) bond motifs is 5. The third kappa shape index (κ3) is 2.17. The number of hydrogen-bond acceptors (Lipinski definition) is 3. The van der Waals surface area contributed by atoms with Crippen LogP contribution in [0.4, 0.5) is 10.1 Å². The third-order valence-electron chi connectivity index (χ3n) is 5.32. The van der Waals surface area contributed by atoms with Gasteiger partial charge in [-0.25, -0.2) is 4.39 Å². The van der Waals surface area contributed by atoms with Gasteiger partial charge in [0.15, 0.2) is 0 Å². The van der Waals surface area contributed by atoms with Crippen molar-refractivity contribution in [1.29, 1.82) is 0 Å². The van der Waals surface area contributed by atoms with Gasteiger partial charge in [0, 0.05) is 5.69 Å². The maximum Gasteiger partial charge on any atom is 0.244 e. The predicted molar refractivity (Wildman–Crippen MR) is 84.2 cm³/mol. The molecule has 1 saturated carbocycles. The van der Waals surface area contributed by atoms with Gasteiger partial charge in [-0.1, -0.05) is 18.2 Å². The minimum Gasteiger partial charge on any atom is -0.324 e. The summed E-state index contributed by atoms with van der Waals surface area (Å²) in [5.41, 5.74) is 0.790. The summed E-state index contributed by atoms with van der Waals surface area (Å²) in [7, 11) is 0. The van der Waals surface area contributed by atoms with Gasteiger partial charge in [0.2, 0.25) is 17.7 Å². The van der Waals surface area contributed by atoms with Crippen LogP contribution in [0, 0.1) is 36.4 Å². The second-order valence-corrected chi connectivity index (χ2v) is 6.77. The highest BCUT2D eigenvalue weighted by molar-refractivity contribution is 6.09. The zero-order valence-corrected chi connectivity index (χ0v) is 13.2. The molecule has 3 aliphatic rings. The van der Waals surface area contributed by atoms with Gasteiger partial charge in [-0.3, -0.25) is 19.3 Å². The van der Waals surface area contributed by atoms with Crippen LogP contribution in [0.3, 0.4) is 0 Å². The number of carbonyl (C=O) groups is 3. The molecule has 0 radical (unpaired) electrons. The number of nitrogens with one attached hydrogen (secondary N) is 1. The number of rotatable bonds is 3. The maximum absolute atomic E-state index is 13.5. The number of allylic oxidation sites excluding steroid dienone is 2. The summed E-state index contributed by atoms with van der Waals surface area (Å²) >= 11 is 0. The molecule has 1 aliphatic heterocycles. The predicted octanol–water partition coefficient (Wildman–Crippen LogP) is 1.88. The number of carbonyl (C=O) groups excluding carboxylic acids is 3. The molecule has 0 aromatic heterocycles. The molecule has 1 saturated heterocycles. The first kappa shape index (κ1) is 15.1. The molecule has 24 heavy (non-hydrogen) atoms. The average molecular weight is 328 g/mol. The number of likely N-dealkylation sites (tertiary alicyclic amines) is 1. The summed E-state index contributed by atoms with van der Waals surface area (Å²) in [6.45, 7) is 1.31. The second kappa shape index (κ2) is 5.26. The third-order valence-corrected chi connectivity index (χ3v) is 5.32. The van der Waals surface area contributed by atoms with Crippen molar-refractivity contribution in [1.82, 2.24) is 4.90 Å². The van der Waals surface area contributed by atoms with Gasteiger partial charge < -0.3 is 5.32 Å². The number of benzene rings is 1. The van der Waals surface area contributed by atoms with Crippen molar-refractivity contribution in [2.75, 3.05) is 11.9 Å². The molecule has 5 nitrogen and oxygen atoms in total. The lowest BCUT2D eigenvalue weighted by atomic mass is 9.85. The van der Waals surface area contributed by atoms with E-state index < -0.39 is 11.7 Å². The normalized spacial score (nSPS) is 30.2. The van der Waals surface area contributed by atoms with E-state index in [-0.39, 0.29) is 42.0 Å². The molecule has 2 bridgehead atoms. The molecule has 2 aliphatic carbocycles. The van der Waals surface area contributed by atoms with E-state index in [1.54, 1.807) is 19.1 Å². The molecule has 1 heterocycles. The fourth-order valence-electron chi connectivity index (χ4n) is 4.13. The van der Waals surface area contributed by atoms with E-state index in [9.17, 15) is 18.8 Å². The van der Waals surface area contributed by atoms with E-state index in [0.29, 0.717) is 11.3 Å². The van der Waals surface area contributed by atoms with Crippen LogP contribution in [-0.4, -0.2) is 29.2 Å². The molecule has 2 fully saturated rings. The summed E-state index contributed by atoms with van der Waals surface area (Å²) < 4.78 is 13.5. The number of hydrogen-bond donors (Lipinski definition) is 1. The summed E-state index contributed by atoms with van der Waals surface area (Å²) in [4.78, 5) is 38.2. The fraction of sp³-hybridized carbons (Fsp3) is 0.389. The van der Waals surface area contributed by atoms with E-state index in [1.165, 1.54) is 6.07 Å². The highest BCUT2D eigenvalue weighted by Gasteiger charge is 2.59. The number of aryl methyl sites for hydroxylation is 1. The smallest absolute Gasteiger partial charge is 0.244 e. The lowest BCUT2D eigenvalue weighted by Gasteiger charge is -2.17. The SMILES string of the molecule is Cc1ccc(NC(=O)CN2C(=O)C3C(C2=O)[C@H]2C=C[C@@H]3C2)cc1F. The molecular weight excluding hydrogens is 311 g/mol. The molecule has 3 amide bonds. The Morgan fingerprint density at radius 2 is 1.83 bits per heavy atom. The Balaban J connectivity index is 1.46. The van der Waals surface area contributed by atoms with E-state index in [2.05, 4.69) is 5.32 Å². The average Bonchev–Trinajstić information content (AvgIpc) is 3.21. The molecule has 1 aromatic carbocycles. The Hall–Kier alpha value is -2.50. The molecule has 124 valence electrons. The molecular formula is C18H17FN2O3. The zero-order valence-electron chi connectivity index (χ0n) is 13.2. The number of anilines is 1. The lowest BCUT2D eigenvalue weighted by molar-refractivity contribution is -0.143. The van der Waals surface area contributed by atoms with Crippen LogP contribution in [0.2, 0.25) is 0 Å². The van der Waals surface area contributed by atoms with Crippen LogP contribution in [0.25, 0.3) is 0 Å². The van der Waals surface area contributed by atoms with Crippen molar-refractivity contribution in [3.63, 3.8) is 0 Å². The molecule has 4 rings (SSSR count). The van der Waals surface area contributed by atoms with Crippen LogP contribution >= 0.6 is 0 Å². The molecule has 1 aromatic rings. The van der Waals surface area contributed by atoms with Gasteiger partial charge in [0.1, 0.15) is 12.4 Å². The number of imide groups is 1. The van der Waals surface area contributed by atoms with Crippen molar-refractivity contribution in [3.05, 3.63) is 41.7 Å². The van der Waals surface area contributed by atoms with Crippen LogP contribution in [0.5, 0.6) is 0 Å². The van der Waals surface area contributed by atoms with Gasteiger partial charge in [0.05, 0.1) is 11.8 Å². The first-order chi connectivity index (χ1) is 11.5. The van der Waals surface area contributed by atoms with Gasteiger partial charge in [-0.05, 0) is 42.9 Å². The van der Waals surface area contributed by atoms with Gasteiger partial charge in [-0.2, -0.15) is 0 Å². The van der Waals surface area contributed by atoms with Crippen molar-refractivity contribution in [2.24, 2.45) is 23.7 Å². The largest absolute Gasteiger partial charge is 0.324 e. The van der Waals surface area contributed by atoms with Gasteiger partial charge in [0.25, 0.3) is 0 Å². The second-order valence-electron chi connectivity index (χ2n) is 6.77. The highest BCUT2D eigenvalue weighted by atomic mass is 19.1. The standard InChI is InChI=1S/C18H17FN2O3/c1-9-2-5-12(7-13(9)19)20-14(22)8-21-17(23)15-10-3-4-11(6-10)16(15)18(21)24/h2-5,7,10-11,15-16H,6,8H2,1H3,(H,20,22)/t10-,11+,15?,16?. The van der Waals surface area contributed by atoms with Crippen LogP contribution in [0.15, 0.2) is 30.4 Å². The molecule has 0 spiro atoms. The minimum atomic E-state index is -0.500.